The Morgan fingerprint density at radius 1 is 1.50 bits per heavy atom. The first-order chi connectivity index (χ1) is 7.70. The molecule has 1 aromatic rings. The summed E-state index contributed by atoms with van der Waals surface area (Å²) in [6, 6.07) is 5.12. The first-order valence-electron chi connectivity index (χ1n) is 5.29. The number of rotatable bonds is 4. The van der Waals surface area contributed by atoms with E-state index in [-0.39, 0.29) is 5.69 Å². The summed E-state index contributed by atoms with van der Waals surface area (Å²) < 4.78 is 5.14. The van der Waals surface area contributed by atoms with E-state index < -0.39 is 4.92 Å². The Balaban J connectivity index is 2.19. The third-order valence-corrected chi connectivity index (χ3v) is 2.86. The molecule has 86 valence electrons. The number of hydrogen-bond donors (Lipinski definition) is 1. The third-order valence-electron chi connectivity index (χ3n) is 2.86. The number of nitro groups is 1. The van der Waals surface area contributed by atoms with Gasteiger partial charge in [-0.15, -0.1) is 0 Å². The number of methoxy groups -OCH3 is 1. The van der Waals surface area contributed by atoms with E-state index in [1.165, 1.54) is 25.7 Å². The van der Waals surface area contributed by atoms with Crippen molar-refractivity contribution in [1.29, 1.82) is 0 Å². The van der Waals surface area contributed by atoms with Crippen molar-refractivity contribution in [2.24, 2.45) is 0 Å². The van der Waals surface area contributed by atoms with Gasteiger partial charge in [-0.2, -0.15) is 0 Å². The van der Waals surface area contributed by atoms with Crippen LogP contribution in [0.25, 0.3) is 0 Å². The van der Waals surface area contributed by atoms with Crippen molar-refractivity contribution in [2.45, 2.75) is 25.3 Å². The van der Waals surface area contributed by atoms with Crippen LogP contribution < -0.4 is 10.1 Å². The summed E-state index contributed by atoms with van der Waals surface area (Å²) >= 11 is 0. The van der Waals surface area contributed by atoms with Gasteiger partial charge in [0.1, 0.15) is 5.75 Å². The highest BCUT2D eigenvalue weighted by molar-refractivity contribution is 5.61. The van der Waals surface area contributed by atoms with Gasteiger partial charge >= 0.3 is 0 Å². The molecule has 0 bridgehead atoms. The molecule has 16 heavy (non-hydrogen) atoms. The maximum absolute atomic E-state index is 10.6. The Morgan fingerprint density at radius 3 is 2.75 bits per heavy atom. The highest BCUT2D eigenvalue weighted by atomic mass is 16.6. The zero-order valence-electron chi connectivity index (χ0n) is 9.10. The van der Waals surface area contributed by atoms with Gasteiger partial charge in [0.05, 0.1) is 23.8 Å². The average Bonchev–Trinajstić information content (AvgIpc) is 2.23. The highest BCUT2D eigenvalue weighted by Gasteiger charge is 2.19. The Bertz CT molecular complexity index is 402. The maximum Gasteiger partial charge on any atom is 0.273 e. The van der Waals surface area contributed by atoms with Gasteiger partial charge < -0.3 is 10.1 Å². The smallest absolute Gasteiger partial charge is 0.273 e. The molecule has 0 atom stereocenters. The van der Waals surface area contributed by atoms with Crippen molar-refractivity contribution in [1.82, 2.24) is 0 Å². The zero-order valence-corrected chi connectivity index (χ0v) is 9.10. The van der Waals surface area contributed by atoms with Crippen molar-refractivity contribution in [3.05, 3.63) is 28.3 Å². The lowest BCUT2D eigenvalue weighted by molar-refractivity contribution is -0.384. The number of nitrogens with zero attached hydrogens (tertiary/aromatic N) is 1. The zero-order chi connectivity index (χ0) is 11.5. The fourth-order valence-corrected chi connectivity index (χ4v) is 1.69. The van der Waals surface area contributed by atoms with E-state index in [0.717, 1.165) is 18.5 Å². The van der Waals surface area contributed by atoms with Gasteiger partial charge in [-0.3, -0.25) is 10.1 Å². The predicted molar refractivity (Wildman–Crippen MR) is 60.9 cm³/mol. The Morgan fingerprint density at radius 2 is 2.25 bits per heavy atom. The van der Waals surface area contributed by atoms with Crippen LogP contribution in [0.3, 0.4) is 0 Å². The Hall–Kier alpha value is -1.78. The van der Waals surface area contributed by atoms with Crippen molar-refractivity contribution in [3.63, 3.8) is 0 Å². The third kappa shape index (κ3) is 2.08. The molecule has 0 amide bonds. The Labute approximate surface area is 93.6 Å². The molecule has 0 aromatic heterocycles. The van der Waals surface area contributed by atoms with E-state index in [4.69, 9.17) is 4.74 Å². The number of nitro benzene ring substituents is 1. The van der Waals surface area contributed by atoms with Crippen LogP contribution >= 0.6 is 0 Å². The standard InChI is InChI=1S/C11H14N2O3/c1-16-11-7-9(13(14)15)5-6-10(11)12-8-3-2-4-8/h5-8,12H,2-4H2,1H3. The number of hydrogen-bond acceptors (Lipinski definition) is 4. The van der Waals surface area contributed by atoms with E-state index in [9.17, 15) is 10.1 Å². The molecule has 5 nitrogen and oxygen atoms in total. The molecule has 0 heterocycles. The number of non-ortho nitro benzene ring substituents is 1. The van der Waals surface area contributed by atoms with Crippen molar-refractivity contribution in [2.75, 3.05) is 12.4 Å². The number of benzene rings is 1. The molecule has 5 heteroatoms. The van der Waals surface area contributed by atoms with Gasteiger partial charge in [-0.05, 0) is 25.3 Å². The molecule has 1 aromatic carbocycles. The highest BCUT2D eigenvalue weighted by Crippen LogP contribution is 2.32. The lowest BCUT2D eigenvalue weighted by atomic mass is 9.93. The second kappa shape index (κ2) is 4.38. The van der Waals surface area contributed by atoms with Crippen LogP contribution in [0.4, 0.5) is 11.4 Å². The lowest BCUT2D eigenvalue weighted by Gasteiger charge is -2.28. The summed E-state index contributed by atoms with van der Waals surface area (Å²) in [6.45, 7) is 0. The molecule has 1 saturated carbocycles. The summed E-state index contributed by atoms with van der Waals surface area (Å²) in [5, 5.41) is 13.9. The minimum absolute atomic E-state index is 0.0519. The van der Waals surface area contributed by atoms with Crippen LogP contribution in [-0.4, -0.2) is 18.1 Å². The molecule has 0 radical (unpaired) electrons. The van der Waals surface area contributed by atoms with Crippen molar-refractivity contribution in [3.8, 4) is 5.75 Å². The lowest BCUT2D eigenvalue weighted by Crippen LogP contribution is -2.27. The normalized spacial score (nSPS) is 15.3. The Kier molecular flexibility index (Phi) is 2.94. The van der Waals surface area contributed by atoms with Crippen LogP contribution in [-0.2, 0) is 0 Å². The van der Waals surface area contributed by atoms with Crippen LogP contribution in [0.2, 0.25) is 0 Å². The first-order valence-corrected chi connectivity index (χ1v) is 5.29. The monoisotopic (exact) mass is 222 g/mol. The summed E-state index contributed by atoms with van der Waals surface area (Å²) in [5.74, 6) is 0.529. The average molecular weight is 222 g/mol. The van der Waals surface area contributed by atoms with Gasteiger partial charge in [0.15, 0.2) is 0 Å². The van der Waals surface area contributed by atoms with Gasteiger partial charge in [-0.25, -0.2) is 0 Å². The summed E-state index contributed by atoms with van der Waals surface area (Å²) in [4.78, 5) is 10.2. The molecular weight excluding hydrogens is 208 g/mol. The predicted octanol–water partition coefficient (Wildman–Crippen LogP) is 2.57. The van der Waals surface area contributed by atoms with Gasteiger partial charge in [0.25, 0.3) is 5.69 Å². The van der Waals surface area contributed by atoms with Crippen LogP contribution in [0.5, 0.6) is 5.75 Å². The minimum Gasteiger partial charge on any atom is -0.494 e. The SMILES string of the molecule is COc1cc([N+](=O)[O-])ccc1NC1CCC1. The van der Waals surface area contributed by atoms with Crippen LogP contribution in [0.1, 0.15) is 19.3 Å². The van der Waals surface area contributed by atoms with Crippen LogP contribution in [0, 0.1) is 10.1 Å². The van der Waals surface area contributed by atoms with E-state index in [1.807, 2.05) is 0 Å². The molecule has 1 aliphatic rings. The van der Waals surface area contributed by atoms with Gasteiger partial charge in [0.2, 0.25) is 0 Å². The van der Waals surface area contributed by atoms with E-state index in [0.29, 0.717) is 11.8 Å². The molecule has 0 unspecified atom stereocenters. The molecular formula is C11H14N2O3. The second-order valence-electron chi connectivity index (χ2n) is 3.91. The van der Waals surface area contributed by atoms with Crippen LogP contribution in [0.15, 0.2) is 18.2 Å². The molecule has 1 aliphatic carbocycles. The van der Waals surface area contributed by atoms with E-state index in [2.05, 4.69) is 5.32 Å². The fourth-order valence-electron chi connectivity index (χ4n) is 1.69. The van der Waals surface area contributed by atoms with E-state index in [1.54, 1.807) is 6.07 Å². The fraction of sp³-hybridized carbons (Fsp3) is 0.455. The number of nitrogens with one attached hydrogen (secondary N) is 1. The maximum atomic E-state index is 10.6. The minimum atomic E-state index is -0.421. The van der Waals surface area contributed by atoms with Crippen molar-refractivity contribution >= 4 is 11.4 Å². The van der Waals surface area contributed by atoms with Crippen molar-refractivity contribution < 1.29 is 9.66 Å². The summed E-state index contributed by atoms with van der Waals surface area (Å²) in [7, 11) is 1.52. The molecule has 0 spiro atoms. The quantitative estimate of drug-likeness (QED) is 0.628. The molecule has 1 fully saturated rings. The number of ether oxygens (including phenoxy) is 1. The summed E-state index contributed by atoms with van der Waals surface area (Å²) in [5.41, 5.74) is 0.883. The molecule has 0 saturated heterocycles. The largest absolute Gasteiger partial charge is 0.494 e. The number of anilines is 1. The summed E-state index contributed by atoms with van der Waals surface area (Å²) in [6.07, 6.45) is 3.55. The molecule has 2 rings (SSSR count). The second-order valence-corrected chi connectivity index (χ2v) is 3.91. The van der Waals surface area contributed by atoms with Gasteiger partial charge in [-0.1, -0.05) is 0 Å². The van der Waals surface area contributed by atoms with E-state index >= 15 is 0 Å². The van der Waals surface area contributed by atoms with Gasteiger partial charge in [0, 0.05) is 12.1 Å². The molecule has 1 N–H and O–H groups in total. The topological polar surface area (TPSA) is 64.4 Å². The molecule has 0 aliphatic heterocycles. The first kappa shape index (κ1) is 10.7.